The second-order valence-electron chi connectivity index (χ2n) is 5.02. The van der Waals surface area contributed by atoms with Crippen LogP contribution in [0.3, 0.4) is 0 Å². The Morgan fingerprint density at radius 2 is 2.16 bits per heavy atom. The maximum absolute atomic E-state index is 12.2. The van der Waals surface area contributed by atoms with Crippen LogP contribution < -0.4 is 14.8 Å². The Bertz CT molecular complexity index is 488. The minimum atomic E-state index is -0.122. The average Bonchev–Trinajstić information content (AvgIpc) is 3.05. The number of hydrogen-bond acceptors (Lipinski definition) is 4. The molecule has 1 aromatic carbocycles. The highest BCUT2D eigenvalue weighted by Gasteiger charge is 2.28. The van der Waals surface area contributed by atoms with Crippen LogP contribution >= 0.6 is 0 Å². The first-order valence-corrected chi connectivity index (χ1v) is 6.59. The van der Waals surface area contributed by atoms with Gasteiger partial charge in [0.25, 0.3) is 5.91 Å². The summed E-state index contributed by atoms with van der Waals surface area (Å²) < 4.78 is 10.5. The second-order valence-corrected chi connectivity index (χ2v) is 5.02. The largest absolute Gasteiger partial charge is 0.454 e. The normalized spacial score (nSPS) is 24.5. The maximum atomic E-state index is 12.2. The molecule has 0 radical (unpaired) electrons. The number of fused-ring (bicyclic) bond motifs is 1. The molecule has 1 aliphatic carbocycles. The minimum absolute atomic E-state index is 0.0722. The molecule has 19 heavy (non-hydrogen) atoms. The number of rotatable bonds is 3. The fourth-order valence-electron chi connectivity index (χ4n) is 2.73. The number of hydrogen-bond donors (Lipinski definition) is 2. The van der Waals surface area contributed by atoms with Crippen molar-refractivity contribution in [2.45, 2.75) is 25.3 Å². The summed E-state index contributed by atoms with van der Waals surface area (Å²) in [6.45, 7) is 0.335. The molecule has 1 heterocycles. The molecule has 2 unspecified atom stereocenters. The highest BCUT2D eigenvalue weighted by atomic mass is 16.7. The van der Waals surface area contributed by atoms with Gasteiger partial charge in [0.1, 0.15) is 0 Å². The first-order valence-electron chi connectivity index (χ1n) is 6.59. The molecule has 1 aliphatic heterocycles. The van der Waals surface area contributed by atoms with Crippen molar-refractivity contribution < 1.29 is 19.4 Å². The van der Waals surface area contributed by atoms with Crippen molar-refractivity contribution in [1.29, 1.82) is 0 Å². The lowest BCUT2D eigenvalue weighted by Gasteiger charge is -2.19. The lowest BCUT2D eigenvalue weighted by atomic mass is 10.0. The van der Waals surface area contributed by atoms with Crippen LogP contribution in [0.2, 0.25) is 0 Å². The topological polar surface area (TPSA) is 67.8 Å². The molecule has 2 N–H and O–H groups in total. The van der Waals surface area contributed by atoms with E-state index < -0.39 is 0 Å². The van der Waals surface area contributed by atoms with E-state index in [2.05, 4.69) is 5.32 Å². The van der Waals surface area contributed by atoms with Crippen LogP contribution in [0.4, 0.5) is 0 Å². The van der Waals surface area contributed by atoms with Crippen molar-refractivity contribution >= 4 is 5.91 Å². The molecular formula is C14H17NO4. The summed E-state index contributed by atoms with van der Waals surface area (Å²) in [5, 5.41) is 12.3. The van der Waals surface area contributed by atoms with Crippen LogP contribution in [0.15, 0.2) is 18.2 Å². The highest BCUT2D eigenvalue weighted by molar-refractivity contribution is 5.95. The zero-order valence-corrected chi connectivity index (χ0v) is 10.6. The van der Waals surface area contributed by atoms with E-state index >= 15 is 0 Å². The molecule has 0 bridgehead atoms. The Morgan fingerprint density at radius 1 is 1.32 bits per heavy atom. The number of carbonyl (C=O) groups excluding carboxylic acids is 1. The minimum Gasteiger partial charge on any atom is -0.454 e. The third-order valence-electron chi connectivity index (χ3n) is 3.84. The van der Waals surface area contributed by atoms with Crippen LogP contribution in [0.1, 0.15) is 29.6 Å². The van der Waals surface area contributed by atoms with E-state index in [4.69, 9.17) is 9.47 Å². The maximum Gasteiger partial charge on any atom is 0.251 e. The molecule has 1 fully saturated rings. The molecule has 2 aliphatic rings. The van der Waals surface area contributed by atoms with Crippen LogP contribution in [0, 0.1) is 5.92 Å². The number of aliphatic hydroxyl groups is 1. The zero-order valence-electron chi connectivity index (χ0n) is 10.6. The van der Waals surface area contributed by atoms with Gasteiger partial charge in [-0.15, -0.1) is 0 Å². The van der Waals surface area contributed by atoms with Crippen molar-refractivity contribution in [3.8, 4) is 11.5 Å². The molecule has 3 rings (SSSR count). The SMILES string of the molecule is O=C(NC1CCCC1CO)c1ccc2c(c1)OCO2. The third kappa shape index (κ3) is 2.38. The van der Waals surface area contributed by atoms with Crippen LogP contribution in [-0.4, -0.2) is 30.5 Å². The average molecular weight is 263 g/mol. The van der Waals surface area contributed by atoms with Gasteiger partial charge in [0.05, 0.1) is 0 Å². The van der Waals surface area contributed by atoms with Gasteiger partial charge < -0.3 is 19.9 Å². The molecule has 5 heteroatoms. The first kappa shape index (κ1) is 12.3. The van der Waals surface area contributed by atoms with Gasteiger partial charge in [0.15, 0.2) is 11.5 Å². The molecular weight excluding hydrogens is 246 g/mol. The summed E-state index contributed by atoms with van der Waals surface area (Å²) in [6.07, 6.45) is 2.96. The fraction of sp³-hybridized carbons (Fsp3) is 0.500. The van der Waals surface area contributed by atoms with Crippen molar-refractivity contribution in [2.75, 3.05) is 13.4 Å². The second kappa shape index (κ2) is 5.09. The van der Waals surface area contributed by atoms with Gasteiger partial charge in [-0.05, 0) is 31.0 Å². The van der Waals surface area contributed by atoms with Crippen LogP contribution in [0.25, 0.3) is 0 Å². The number of aliphatic hydroxyl groups excluding tert-OH is 1. The molecule has 102 valence electrons. The van der Waals surface area contributed by atoms with Crippen molar-refractivity contribution in [1.82, 2.24) is 5.32 Å². The Kier molecular flexibility index (Phi) is 3.29. The van der Waals surface area contributed by atoms with Gasteiger partial charge in [0, 0.05) is 24.1 Å². The Hall–Kier alpha value is -1.75. The van der Waals surface area contributed by atoms with Gasteiger partial charge in [-0.1, -0.05) is 6.42 Å². The van der Waals surface area contributed by atoms with Crippen molar-refractivity contribution in [3.05, 3.63) is 23.8 Å². The van der Waals surface area contributed by atoms with E-state index in [0.717, 1.165) is 19.3 Å². The third-order valence-corrected chi connectivity index (χ3v) is 3.84. The van der Waals surface area contributed by atoms with E-state index in [1.165, 1.54) is 0 Å². The van der Waals surface area contributed by atoms with Gasteiger partial charge in [-0.25, -0.2) is 0 Å². The molecule has 1 aromatic rings. The molecule has 1 saturated carbocycles. The number of amides is 1. The van der Waals surface area contributed by atoms with Gasteiger partial charge in [-0.2, -0.15) is 0 Å². The first-order chi connectivity index (χ1) is 9.28. The zero-order chi connectivity index (χ0) is 13.2. The number of nitrogens with one attached hydrogen (secondary N) is 1. The predicted molar refractivity (Wildman–Crippen MR) is 68.2 cm³/mol. The van der Waals surface area contributed by atoms with Crippen LogP contribution in [0.5, 0.6) is 11.5 Å². The lowest BCUT2D eigenvalue weighted by Crippen LogP contribution is -2.38. The van der Waals surface area contributed by atoms with E-state index in [1.54, 1.807) is 18.2 Å². The number of carbonyl (C=O) groups is 1. The molecule has 0 saturated heterocycles. The molecule has 0 aromatic heterocycles. The lowest BCUT2D eigenvalue weighted by molar-refractivity contribution is 0.0915. The van der Waals surface area contributed by atoms with Gasteiger partial charge >= 0.3 is 0 Å². The summed E-state index contributed by atoms with van der Waals surface area (Å²) in [5.74, 6) is 1.34. The van der Waals surface area contributed by atoms with E-state index in [-0.39, 0.29) is 31.3 Å². The fourth-order valence-corrected chi connectivity index (χ4v) is 2.73. The molecule has 1 amide bonds. The highest BCUT2D eigenvalue weighted by Crippen LogP contribution is 2.32. The smallest absolute Gasteiger partial charge is 0.251 e. The van der Waals surface area contributed by atoms with Crippen molar-refractivity contribution in [2.24, 2.45) is 5.92 Å². The molecule has 2 atom stereocenters. The summed E-state index contributed by atoms with van der Waals surface area (Å²) in [4.78, 5) is 12.2. The standard InChI is InChI=1S/C14H17NO4/c16-7-10-2-1-3-11(10)15-14(17)9-4-5-12-13(6-9)19-8-18-12/h4-6,10-11,16H,1-3,7-8H2,(H,15,17). The monoisotopic (exact) mass is 263 g/mol. The summed E-state index contributed by atoms with van der Waals surface area (Å²) >= 11 is 0. The van der Waals surface area contributed by atoms with E-state index in [1.807, 2.05) is 0 Å². The van der Waals surface area contributed by atoms with Crippen LogP contribution in [-0.2, 0) is 0 Å². The summed E-state index contributed by atoms with van der Waals surface area (Å²) in [6, 6.07) is 5.24. The Balaban J connectivity index is 1.70. The van der Waals surface area contributed by atoms with Crippen molar-refractivity contribution in [3.63, 3.8) is 0 Å². The number of ether oxygens (including phenoxy) is 2. The Morgan fingerprint density at radius 3 is 3.00 bits per heavy atom. The molecule has 5 nitrogen and oxygen atoms in total. The van der Waals surface area contributed by atoms with E-state index in [9.17, 15) is 9.90 Å². The van der Waals surface area contributed by atoms with Gasteiger partial charge in [0.2, 0.25) is 6.79 Å². The van der Waals surface area contributed by atoms with E-state index in [0.29, 0.717) is 17.1 Å². The predicted octanol–water partition coefficient (Wildman–Crippen LogP) is 1.31. The summed E-state index contributed by atoms with van der Waals surface area (Å²) in [5.41, 5.74) is 0.563. The molecule has 0 spiro atoms. The quantitative estimate of drug-likeness (QED) is 0.862. The van der Waals surface area contributed by atoms with Gasteiger partial charge in [-0.3, -0.25) is 4.79 Å². The number of benzene rings is 1. The summed E-state index contributed by atoms with van der Waals surface area (Å²) in [7, 11) is 0. The Labute approximate surface area is 111 Å².